The Balaban J connectivity index is 0.000000187. The molecule has 0 spiro atoms. The predicted molar refractivity (Wildman–Crippen MR) is 390 cm³/mol. The molecule has 546 valence electrons. The number of pyridine rings is 3. The van der Waals surface area contributed by atoms with Crippen LogP contribution in [-0.4, -0.2) is 75.0 Å². The quantitative estimate of drug-likeness (QED) is 0.0341. The van der Waals surface area contributed by atoms with E-state index >= 15 is 0 Å². The van der Waals surface area contributed by atoms with Gasteiger partial charge in [0.2, 0.25) is 0 Å². The van der Waals surface area contributed by atoms with E-state index < -0.39 is 53.7 Å². The van der Waals surface area contributed by atoms with Crippen molar-refractivity contribution >= 4 is 75.0 Å². The number of carboxylic acid groups (broad SMARTS) is 1. The molecule has 6 aromatic carbocycles. The average Bonchev–Trinajstić information content (AvgIpc) is 1.59. The van der Waals surface area contributed by atoms with Crippen LogP contribution in [0.1, 0.15) is 92.0 Å². The van der Waals surface area contributed by atoms with Crippen LogP contribution in [0.2, 0.25) is 5.02 Å². The number of ether oxygens (including phenoxy) is 5. The van der Waals surface area contributed by atoms with Gasteiger partial charge in [0.05, 0.1) is 79.5 Å². The Bertz CT molecular complexity index is 4980. The first-order valence-corrected chi connectivity index (χ1v) is 33.6. The van der Waals surface area contributed by atoms with Gasteiger partial charge in [-0.1, -0.05) is 17.7 Å². The van der Waals surface area contributed by atoms with E-state index in [-0.39, 0.29) is 82.2 Å². The van der Waals surface area contributed by atoms with Gasteiger partial charge in [0.25, 0.3) is 0 Å². The predicted octanol–water partition coefficient (Wildman–Crippen LogP) is 11.7. The summed E-state index contributed by atoms with van der Waals surface area (Å²) in [5, 5.41) is 12.5. The molecule has 106 heavy (non-hydrogen) atoms. The monoisotopic (exact) mass is 1460 g/mol. The second-order valence-electron chi connectivity index (χ2n) is 24.9. The fourth-order valence-corrected chi connectivity index (χ4v) is 11.4. The molecule has 6 aromatic heterocycles. The summed E-state index contributed by atoms with van der Waals surface area (Å²) in [5.41, 5.74) is 28.5. The molecular formula is C79H78BClF3LiN6O15. The van der Waals surface area contributed by atoms with Gasteiger partial charge in [-0.2, -0.15) is 0 Å². The summed E-state index contributed by atoms with van der Waals surface area (Å²) in [6.07, 6.45) is 9.49. The minimum absolute atomic E-state index is 0. The number of rotatable bonds is 23. The number of aromatic nitrogens is 3. The van der Waals surface area contributed by atoms with Crippen molar-refractivity contribution in [2.75, 3.05) is 13.2 Å². The smallest absolute Gasteiger partial charge is 0.870 e. The molecule has 1 aliphatic heterocycles. The van der Waals surface area contributed by atoms with E-state index in [0.29, 0.717) is 58.6 Å². The number of carboxylic acids is 1. The summed E-state index contributed by atoms with van der Waals surface area (Å²) < 4.78 is 98.4. The molecular weight excluding hydrogens is 1380 g/mol. The van der Waals surface area contributed by atoms with Crippen LogP contribution in [0.4, 0.5) is 13.2 Å². The third-order valence-electron chi connectivity index (χ3n) is 16.9. The van der Waals surface area contributed by atoms with E-state index in [1.807, 2.05) is 107 Å². The van der Waals surface area contributed by atoms with E-state index in [9.17, 15) is 27.6 Å². The van der Waals surface area contributed by atoms with Crippen molar-refractivity contribution in [3.05, 3.63) is 256 Å². The summed E-state index contributed by atoms with van der Waals surface area (Å²) in [6.45, 7) is 13.7. The van der Waals surface area contributed by atoms with Crippen LogP contribution < -0.4 is 55.7 Å². The average molecular weight is 1460 g/mol. The number of nitrogens with two attached hydrogens (primary N) is 3. The fraction of sp³-hybridized carbons (Fsp3) is 0.241. The summed E-state index contributed by atoms with van der Waals surface area (Å²) >= 11 is 5.63. The van der Waals surface area contributed by atoms with Crippen LogP contribution in [-0.2, 0) is 91.9 Å². The Kier molecular flexibility index (Phi) is 28.9. The molecule has 8 N–H and O–H groups in total. The third-order valence-corrected chi connectivity index (χ3v) is 17.1. The summed E-state index contributed by atoms with van der Waals surface area (Å²) in [6, 6.07) is 40.6. The molecule has 1 fully saturated rings. The second-order valence-corrected chi connectivity index (χ2v) is 25.3. The van der Waals surface area contributed by atoms with Crippen LogP contribution in [0.25, 0.3) is 55.2 Å². The SMILES string of the molecule is CCOC(=O)Cc1cc(F)ccc1OCc1cc(-c2ccnc(CN)c2)c2occc2c1.CCOC(=O)Cc1cc(F)ccc1OCc1cc(B2OC(C)(C)C(C)(C)O2)c2occc2c1.NCc1cc(-c2cc(COc3ccc(F)cc3CC(=O)O)cc3ccoc23)ccn1.NCc1cc(Cl)ccn1.[Li+].[OH-]. The Hall–Kier alpha value is -10.3. The molecule has 0 atom stereocenters. The number of halogens is 4. The van der Waals surface area contributed by atoms with Gasteiger partial charge in [-0.3, -0.25) is 29.3 Å². The van der Waals surface area contributed by atoms with Crippen molar-refractivity contribution in [2.45, 2.75) is 111 Å². The molecule has 12 aromatic rings. The van der Waals surface area contributed by atoms with Crippen LogP contribution in [0.3, 0.4) is 0 Å². The molecule has 0 unspecified atom stereocenters. The van der Waals surface area contributed by atoms with E-state index in [1.54, 1.807) is 63.4 Å². The molecule has 13 rings (SSSR count). The summed E-state index contributed by atoms with van der Waals surface area (Å²) in [7, 11) is -0.589. The minimum Gasteiger partial charge on any atom is -0.870 e. The van der Waals surface area contributed by atoms with Crippen LogP contribution in [0.15, 0.2) is 196 Å². The maximum atomic E-state index is 13.8. The Morgan fingerprint density at radius 3 is 1.24 bits per heavy atom. The first kappa shape index (κ1) is 81.4. The van der Waals surface area contributed by atoms with Crippen molar-refractivity contribution in [2.24, 2.45) is 17.2 Å². The molecule has 0 bridgehead atoms. The Morgan fingerprint density at radius 2 is 0.858 bits per heavy atom. The third kappa shape index (κ3) is 21.2. The van der Waals surface area contributed by atoms with Gasteiger partial charge >= 0.3 is 43.9 Å². The van der Waals surface area contributed by atoms with E-state index in [2.05, 4.69) is 15.0 Å². The zero-order valence-corrected chi connectivity index (χ0v) is 60.2. The van der Waals surface area contributed by atoms with Gasteiger partial charge in [-0.25, -0.2) is 13.2 Å². The molecule has 0 radical (unpaired) electrons. The number of benzene rings is 6. The topological polar surface area (TPSA) is 322 Å². The standard InChI is InChI=1S/C25H28BFO6.C25H23FN2O4.C23H19FN2O4.C6H7ClN2.Li.H2O/c1-6-29-22(28)14-18-13-19(27)7-8-21(18)31-15-16-11-17-9-10-30-23(17)20(12-16)26-32-24(2,3)25(4,5)33-26;1-2-30-24(29)13-19-11-20(26)3-4-23(19)32-15-16-9-18-6-8-31-25(18)22(10-16)17-5-7-28-21(12-17)14-27;24-18-1-2-21(17(9-18)11-22(27)28)30-13-14-7-16-4-6-29-23(16)20(8-14)15-3-5-26-19(10-15)12-25;7-5-1-2-9-6(3-5)4-8;;/h7-13H,6,14-15H2,1-5H3;3-12H,2,13-15,27H2,1H3;1-10H,11-13,25H2,(H,27,28);1-3H,4,8H2;;1H2/q;;;;+1;/p-1. The zero-order chi connectivity index (χ0) is 74.1. The van der Waals surface area contributed by atoms with Crippen molar-refractivity contribution in [3.8, 4) is 39.5 Å². The Morgan fingerprint density at radius 1 is 0.491 bits per heavy atom. The number of hydrogen-bond donors (Lipinski definition) is 4. The second kappa shape index (κ2) is 37.6. The summed E-state index contributed by atoms with van der Waals surface area (Å²) in [5.74, 6) is -2.11. The van der Waals surface area contributed by atoms with Crippen molar-refractivity contribution in [1.29, 1.82) is 0 Å². The molecule has 27 heteroatoms. The number of nitrogens with zero attached hydrogens (tertiary/aromatic N) is 3. The minimum atomic E-state index is -1.05. The largest absolute Gasteiger partial charge is 1.00 e. The van der Waals surface area contributed by atoms with Crippen LogP contribution in [0, 0.1) is 17.5 Å². The van der Waals surface area contributed by atoms with Gasteiger partial charge in [-0.15, -0.1) is 0 Å². The maximum Gasteiger partial charge on any atom is 1.00 e. The number of esters is 2. The van der Waals surface area contributed by atoms with E-state index in [0.717, 1.165) is 88.8 Å². The van der Waals surface area contributed by atoms with Gasteiger partial charge in [0.1, 0.15) is 71.3 Å². The van der Waals surface area contributed by atoms with Crippen LogP contribution in [0.5, 0.6) is 17.2 Å². The number of furan rings is 3. The number of hydrogen-bond acceptors (Lipinski definition) is 20. The molecule has 21 nitrogen and oxygen atoms in total. The van der Waals surface area contributed by atoms with Crippen LogP contribution >= 0.6 is 11.6 Å². The first-order chi connectivity index (χ1) is 50.0. The van der Waals surface area contributed by atoms with E-state index in [4.69, 9.17) is 80.2 Å². The molecule has 1 aliphatic rings. The van der Waals surface area contributed by atoms with Crippen molar-refractivity contribution < 1.29 is 103 Å². The number of aliphatic carboxylic acids is 1. The van der Waals surface area contributed by atoms with Gasteiger partial charge in [-0.05, 0) is 209 Å². The molecule has 1 saturated heterocycles. The Labute approximate surface area is 627 Å². The van der Waals surface area contributed by atoms with Gasteiger partial charge < -0.3 is 74.0 Å². The van der Waals surface area contributed by atoms with Gasteiger partial charge in [0, 0.05) is 92.7 Å². The molecule has 0 amide bonds. The number of carbonyl (C=O) groups is 3. The molecule has 7 heterocycles. The zero-order valence-electron chi connectivity index (χ0n) is 59.5. The normalized spacial score (nSPS) is 12.5. The van der Waals surface area contributed by atoms with Crippen molar-refractivity contribution in [1.82, 2.24) is 15.0 Å². The summed E-state index contributed by atoms with van der Waals surface area (Å²) in [4.78, 5) is 47.3. The first-order valence-electron chi connectivity index (χ1n) is 33.3. The maximum absolute atomic E-state index is 13.8. The van der Waals surface area contributed by atoms with Gasteiger partial charge in [0.15, 0.2) is 0 Å². The molecule has 0 saturated carbocycles. The fourth-order valence-electron chi connectivity index (χ4n) is 11.2. The number of carbonyl (C=O) groups excluding carboxylic acids is 2. The number of fused-ring (bicyclic) bond motifs is 3. The van der Waals surface area contributed by atoms with E-state index in [1.165, 1.54) is 54.6 Å². The molecule has 0 aliphatic carbocycles. The van der Waals surface area contributed by atoms with Crippen molar-refractivity contribution in [3.63, 3.8) is 0 Å².